The zero-order chi connectivity index (χ0) is 32.3. The van der Waals surface area contributed by atoms with E-state index in [9.17, 15) is 18.8 Å². The number of anilines is 3. The number of nitrogens with zero attached hydrogens (tertiary/aromatic N) is 3. The first-order chi connectivity index (χ1) is 20.8. The molecule has 2 heterocycles. The number of amides is 3. The number of nitrogens with one attached hydrogen (secondary N) is 4. The lowest BCUT2D eigenvalue weighted by Gasteiger charge is -2.36. The van der Waals surface area contributed by atoms with E-state index in [-0.39, 0.29) is 45.8 Å². The third-order valence-corrected chi connectivity index (χ3v) is 8.35. The van der Waals surface area contributed by atoms with Crippen molar-refractivity contribution in [2.75, 3.05) is 31.3 Å². The normalized spacial score (nSPS) is 16.0. The Morgan fingerprint density at radius 3 is 2.49 bits per heavy atom. The Hall–Kier alpha value is -3.45. The van der Waals surface area contributed by atoms with Crippen molar-refractivity contribution in [3.8, 4) is 5.75 Å². The van der Waals surface area contributed by atoms with Gasteiger partial charge in [0.05, 0.1) is 40.1 Å². The van der Waals surface area contributed by atoms with E-state index in [4.69, 9.17) is 27.9 Å². The molecule has 4 rings (SSSR count). The Labute approximate surface area is 277 Å². The number of ether oxygens (including phenoxy) is 1. The standard InChI is InChI=1S/C30H36Cl2FN7O4.ClH/c1-15(34-5)27(41)39-25(30(2,3)4)29(43)40-11-7-8-21(40)28(42)38-20-12-16-19(13-22(20)44-6)35-14-36-26(16)37-18-10-9-17(31)23(32)24(18)33;/h9-10,12-15,21,25,34H,7-8,11H2,1-6H3,(H,38,42)(H,39,41)(H,35,36,37);1H. The van der Waals surface area contributed by atoms with Gasteiger partial charge in [-0.15, -0.1) is 12.4 Å². The van der Waals surface area contributed by atoms with E-state index in [1.54, 1.807) is 26.1 Å². The Morgan fingerprint density at radius 1 is 1.13 bits per heavy atom. The molecule has 4 N–H and O–H groups in total. The quantitative estimate of drug-likeness (QED) is 0.223. The van der Waals surface area contributed by atoms with Gasteiger partial charge in [-0.1, -0.05) is 44.0 Å². The highest BCUT2D eigenvalue weighted by atomic mass is 35.5. The molecule has 0 saturated carbocycles. The summed E-state index contributed by atoms with van der Waals surface area (Å²) in [6, 6.07) is 4.00. The van der Waals surface area contributed by atoms with Crippen molar-refractivity contribution >= 4 is 81.4 Å². The van der Waals surface area contributed by atoms with E-state index in [1.165, 1.54) is 30.5 Å². The summed E-state index contributed by atoms with van der Waals surface area (Å²) in [6.45, 7) is 7.66. The van der Waals surface area contributed by atoms with Crippen molar-refractivity contribution in [1.29, 1.82) is 0 Å². The summed E-state index contributed by atoms with van der Waals surface area (Å²) < 4.78 is 20.3. The van der Waals surface area contributed by atoms with Crippen molar-refractivity contribution in [2.24, 2.45) is 5.41 Å². The molecule has 1 aliphatic heterocycles. The van der Waals surface area contributed by atoms with Gasteiger partial charge in [0.1, 0.15) is 30.0 Å². The number of benzene rings is 2. The van der Waals surface area contributed by atoms with Gasteiger partial charge >= 0.3 is 0 Å². The SMILES string of the molecule is CNC(C)C(=O)NC(C(=O)N1CCCC1C(=O)Nc1cc2c(Nc3ccc(Cl)c(Cl)c3F)ncnc2cc1OC)C(C)(C)C.Cl. The molecule has 3 aromatic rings. The van der Waals surface area contributed by atoms with E-state index in [1.807, 2.05) is 20.8 Å². The fourth-order valence-corrected chi connectivity index (χ4v) is 5.24. The van der Waals surface area contributed by atoms with E-state index >= 15 is 0 Å². The maximum absolute atomic E-state index is 14.8. The number of aromatic nitrogens is 2. The van der Waals surface area contributed by atoms with Gasteiger partial charge in [-0.2, -0.15) is 0 Å². The molecular formula is C30H37Cl3FN7O4. The minimum absolute atomic E-state index is 0. The number of fused-ring (bicyclic) bond motifs is 1. The highest BCUT2D eigenvalue weighted by Crippen LogP contribution is 2.36. The van der Waals surface area contributed by atoms with Crippen LogP contribution in [0.15, 0.2) is 30.6 Å². The summed E-state index contributed by atoms with van der Waals surface area (Å²) in [6.07, 6.45) is 2.37. The van der Waals surface area contributed by atoms with Gasteiger partial charge in [0.25, 0.3) is 0 Å². The Morgan fingerprint density at radius 2 is 1.84 bits per heavy atom. The third-order valence-electron chi connectivity index (χ3n) is 7.57. The van der Waals surface area contributed by atoms with Crippen LogP contribution in [0.4, 0.5) is 21.6 Å². The second kappa shape index (κ2) is 14.8. The summed E-state index contributed by atoms with van der Waals surface area (Å²) in [7, 11) is 3.12. The first-order valence-corrected chi connectivity index (χ1v) is 14.8. The van der Waals surface area contributed by atoms with Crippen LogP contribution in [0.2, 0.25) is 10.0 Å². The summed E-state index contributed by atoms with van der Waals surface area (Å²) in [4.78, 5) is 50.3. The Kier molecular flexibility index (Phi) is 11.8. The second-order valence-corrected chi connectivity index (χ2v) is 12.4. The van der Waals surface area contributed by atoms with Crippen LogP contribution in [-0.2, 0) is 14.4 Å². The maximum Gasteiger partial charge on any atom is 0.247 e. The van der Waals surface area contributed by atoms with Gasteiger partial charge in [0.15, 0.2) is 5.82 Å². The van der Waals surface area contributed by atoms with Crippen molar-refractivity contribution in [3.05, 3.63) is 46.5 Å². The summed E-state index contributed by atoms with van der Waals surface area (Å²) in [5, 5.41) is 11.8. The van der Waals surface area contributed by atoms with Gasteiger partial charge in [0.2, 0.25) is 17.7 Å². The molecule has 45 heavy (non-hydrogen) atoms. The zero-order valence-electron chi connectivity index (χ0n) is 25.8. The van der Waals surface area contributed by atoms with Crippen LogP contribution in [0.1, 0.15) is 40.5 Å². The van der Waals surface area contributed by atoms with E-state index < -0.39 is 35.3 Å². The molecule has 1 saturated heterocycles. The Bertz CT molecular complexity index is 1590. The lowest BCUT2D eigenvalue weighted by Crippen LogP contribution is -2.59. The van der Waals surface area contributed by atoms with Gasteiger partial charge in [-0.3, -0.25) is 14.4 Å². The van der Waals surface area contributed by atoms with Crippen LogP contribution in [0.3, 0.4) is 0 Å². The van der Waals surface area contributed by atoms with Crippen molar-refractivity contribution in [3.63, 3.8) is 0 Å². The lowest BCUT2D eigenvalue weighted by atomic mass is 9.85. The van der Waals surface area contributed by atoms with Crippen LogP contribution >= 0.6 is 35.6 Å². The maximum atomic E-state index is 14.8. The summed E-state index contributed by atoms with van der Waals surface area (Å²) in [5.74, 6) is -1.23. The number of halogens is 4. The lowest BCUT2D eigenvalue weighted by molar-refractivity contribution is -0.143. The van der Waals surface area contributed by atoms with E-state index in [0.717, 1.165) is 0 Å². The number of hydrogen-bond acceptors (Lipinski definition) is 8. The second-order valence-electron chi connectivity index (χ2n) is 11.6. The first kappa shape index (κ1) is 36.0. The number of methoxy groups -OCH3 is 1. The predicted octanol–water partition coefficient (Wildman–Crippen LogP) is 5.32. The topological polar surface area (TPSA) is 138 Å². The van der Waals surface area contributed by atoms with Gasteiger partial charge < -0.3 is 30.9 Å². The molecule has 3 atom stereocenters. The van der Waals surface area contributed by atoms with Crippen LogP contribution < -0.4 is 26.0 Å². The zero-order valence-corrected chi connectivity index (χ0v) is 28.1. The fourth-order valence-electron chi connectivity index (χ4n) is 4.93. The largest absolute Gasteiger partial charge is 0.494 e. The van der Waals surface area contributed by atoms with Crippen molar-refractivity contribution < 1.29 is 23.5 Å². The van der Waals surface area contributed by atoms with E-state index in [2.05, 4.69) is 31.2 Å². The average molecular weight is 685 g/mol. The monoisotopic (exact) mass is 683 g/mol. The molecule has 0 spiro atoms. The minimum Gasteiger partial charge on any atom is -0.494 e. The summed E-state index contributed by atoms with van der Waals surface area (Å²) >= 11 is 11.9. The molecule has 1 aromatic heterocycles. The van der Waals surface area contributed by atoms with Gasteiger partial charge in [-0.25, -0.2) is 14.4 Å². The van der Waals surface area contributed by atoms with Crippen LogP contribution in [-0.4, -0.2) is 71.4 Å². The van der Waals surface area contributed by atoms with Crippen LogP contribution in [0, 0.1) is 11.2 Å². The highest BCUT2D eigenvalue weighted by molar-refractivity contribution is 6.42. The first-order valence-electron chi connectivity index (χ1n) is 14.1. The number of likely N-dealkylation sites (N-methyl/N-ethyl adjacent to an activating group) is 1. The Balaban J connectivity index is 0.00000552. The minimum atomic E-state index is -0.845. The molecule has 0 radical (unpaired) electrons. The fraction of sp³-hybridized carbons (Fsp3) is 0.433. The van der Waals surface area contributed by atoms with Crippen molar-refractivity contribution in [1.82, 2.24) is 25.5 Å². The number of carbonyl (C=O) groups is 3. The number of carbonyl (C=O) groups excluding carboxylic acids is 3. The molecule has 0 aliphatic carbocycles. The van der Waals surface area contributed by atoms with Gasteiger partial charge in [0, 0.05) is 18.0 Å². The molecule has 2 aromatic carbocycles. The summed E-state index contributed by atoms with van der Waals surface area (Å²) in [5.41, 5.74) is 0.212. The molecule has 3 unspecified atom stereocenters. The van der Waals surface area contributed by atoms with Crippen LogP contribution in [0.5, 0.6) is 5.75 Å². The smallest absolute Gasteiger partial charge is 0.247 e. The highest BCUT2D eigenvalue weighted by Gasteiger charge is 2.42. The number of likely N-dealkylation sites (tertiary alicyclic amines) is 1. The molecule has 11 nitrogen and oxygen atoms in total. The third kappa shape index (κ3) is 7.86. The number of hydrogen-bond donors (Lipinski definition) is 4. The molecule has 244 valence electrons. The predicted molar refractivity (Wildman–Crippen MR) is 176 cm³/mol. The molecule has 15 heteroatoms. The molecule has 0 bridgehead atoms. The molecule has 1 aliphatic rings. The molecular weight excluding hydrogens is 648 g/mol. The molecule has 1 fully saturated rings. The van der Waals surface area contributed by atoms with E-state index in [0.29, 0.717) is 41.7 Å². The number of rotatable bonds is 9. The van der Waals surface area contributed by atoms with Gasteiger partial charge in [-0.05, 0) is 50.4 Å². The van der Waals surface area contributed by atoms with Crippen molar-refractivity contribution in [2.45, 2.75) is 58.7 Å². The van der Waals surface area contributed by atoms with Crippen LogP contribution in [0.25, 0.3) is 10.9 Å². The average Bonchev–Trinajstić information content (AvgIpc) is 3.49. The molecule has 3 amide bonds.